The summed E-state index contributed by atoms with van der Waals surface area (Å²) in [5.41, 5.74) is 11.6. The second-order valence-corrected chi connectivity index (χ2v) is 11.0. The van der Waals surface area contributed by atoms with E-state index in [4.69, 9.17) is 0 Å². The number of hydrogen-bond acceptors (Lipinski definition) is 0. The molecule has 0 heteroatoms. The minimum atomic E-state index is 0.202. The van der Waals surface area contributed by atoms with Crippen molar-refractivity contribution in [3.05, 3.63) is 105 Å². The van der Waals surface area contributed by atoms with Crippen LogP contribution < -0.4 is 0 Å². The molecule has 0 N–H and O–H groups in total. The summed E-state index contributed by atoms with van der Waals surface area (Å²) >= 11 is 0. The van der Waals surface area contributed by atoms with Crippen LogP contribution in [0.3, 0.4) is 0 Å². The van der Waals surface area contributed by atoms with Gasteiger partial charge in [0.1, 0.15) is 0 Å². The van der Waals surface area contributed by atoms with Gasteiger partial charge in [-0.25, -0.2) is 0 Å². The monoisotopic (exact) mass is 426 g/mol. The van der Waals surface area contributed by atoms with Crippen LogP contribution >= 0.6 is 0 Å². The second-order valence-electron chi connectivity index (χ2n) is 11.0. The van der Waals surface area contributed by atoms with Crippen LogP contribution in [0.5, 0.6) is 0 Å². The lowest BCUT2D eigenvalue weighted by Gasteiger charge is -2.23. The van der Waals surface area contributed by atoms with E-state index in [1.807, 2.05) is 0 Å². The van der Waals surface area contributed by atoms with Crippen LogP contribution in [0.2, 0.25) is 0 Å². The third-order valence-electron chi connectivity index (χ3n) is 7.35. The molecule has 0 aliphatic heterocycles. The van der Waals surface area contributed by atoms with E-state index in [0.29, 0.717) is 11.8 Å². The standard InChI is InChI=1S/C32H42/c1-22-9-14-28(19-25(22)4)24(3)11-16-30(29-15-10-23(2)26(5)20-29)21-27-12-17-31(18-13-27)32(6,7)8/h9-10,12-15,17-20,24,30H,11,16,21H2,1-8H3/t24-,30?/m1/s1. The van der Waals surface area contributed by atoms with Gasteiger partial charge in [-0.05, 0) is 109 Å². The summed E-state index contributed by atoms with van der Waals surface area (Å²) in [6.07, 6.45) is 3.52. The first kappa shape index (κ1) is 24.3. The highest BCUT2D eigenvalue weighted by molar-refractivity contribution is 5.35. The molecule has 170 valence electrons. The first-order valence-electron chi connectivity index (χ1n) is 12.3. The summed E-state index contributed by atoms with van der Waals surface area (Å²) in [6.45, 7) is 18.1. The van der Waals surface area contributed by atoms with Gasteiger partial charge in [0.2, 0.25) is 0 Å². The van der Waals surface area contributed by atoms with Crippen molar-refractivity contribution in [1.29, 1.82) is 0 Å². The summed E-state index contributed by atoms with van der Waals surface area (Å²) < 4.78 is 0. The Kier molecular flexibility index (Phi) is 7.65. The molecule has 0 aromatic heterocycles. The Labute approximate surface area is 197 Å². The molecule has 0 spiro atoms. The highest BCUT2D eigenvalue weighted by atomic mass is 14.2. The Balaban J connectivity index is 1.80. The normalized spacial score (nSPS) is 13.8. The topological polar surface area (TPSA) is 0 Å². The molecule has 2 atom stereocenters. The minimum absolute atomic E-state index is 0.202. The maximum atomic E-state index is 2.42. The molecule has 0 bridgehead atoms. The van der Waals surface area contributed by atoms with Crippen molar-refractivity contribution in [2.45, 2.75) is 91.9 Å². The van der Waals surface area contributed by atoms with Gasteiger partial charge in [0.15, 0.2) is 0 Å². The van der Waals surface area contributed by atoms with E-state index >= 15 is 0 Å². The molecule has 1 unspecified atom stereocenters. The van der Waals surface area contributed by atoms with E-state index in [2.05, 4.69) is 116 Å². The Morgan fingerprint density at radius 3 is 1.69 bits per heavy atom. The van der Waals surface area contributed by atoms with Crippen molar-refractivity contribution in [3.8, 4) is 0 Å². The second kappa shape index (κ2) is 10.1. The zero-order chi connectivity index (χ0) is 23.5. The van der Waals surface area contributed by atoms with Crippen molar-refractivity contribution in [3.63, 3.8) is 0 Å². The van der Waals surface area contributed by atoms with Gasteiger partial charge in [-0.2, -0.15) is 0 Å². The third kappa shape index (κ3) is 6.12. The fourth-order valence-electron chi connectivity index (χ4n) is 4.52. The van der Waals surface area contributed by atoms with Gasteiger partial charge in [0.25, 0.3) is 0 Å². The summed E-state index contributed by atoms with van der Waals surface area (Å²) in [7, 11) is 0. The SMILES string of the molecule is Cc1ccc(C(CC[C@@H](C)c2ccc(C)c(C)c2)Cc2ccc(C(C)(C)C)cc2)cc1C. The average Bonchev–Trinajstić information content (AvgIpc) is 2.74. The fraction of sp³-hybridized carbons (Fsp3) is 0.438. The molecular weight excluding hydrogens is 384 g/mol. The number of rotatable bonds is 7. The summed E-state index contributed by atoms with van der Waals surface area (Å²) in [6, 6.07) is 23.4. The third-order valence-corrected chi connectivity index (χ3v) is 7.35. The van der Waals surface area contributed by atoms with E-state index in [-0.39, 0.29) is 5.41 Å². The van der Waals surface area contributed by atoms with Gasteiger partial charge in [-0.1, -0.05) is 88.4 Å². The lowest BCUT2D eigenvalue weighted by atomic mass is 9.82. The highest BCUT2D eigenvalue weighted by Crippen LogP contribution is 2.32. The average molecular weight is 427 g/mol. The molecule has 0 saturated heterocycles. The van der Waals surface area contributed by atoms with Gasteiger partial charge >= 0.3 is 0 Å². The van der Waals surface area contributed by atoms with Gasteiger partial charge in [0, 0.05) is 0 Å². The maximum Gasteiger partial charge on any atom is -0.0121 e. The van der Waals surface area contributed by atoms with Crippen molar-refractivity contribution < 1.29 is 0 Å². The molecule has 0 radical (unpaired) electrons. The van der Waals surface area contributed by atoms with Gasteiger partial charge < -0.3 is 0 Å². The zero-order valence-corrected chi connectivity index (χ0v) is 21.5. The largest absolute Gasteiger partial charge is 0.0588 e. The molecule has 0 aliphatic rings. The molecule has 3 aromatic rings. The van der Waals surface area contributed by atoms with Crippen LogP contribution in [0, 0.1) is 27.7 Å². The molecule has 32 heavy (non-hydrogen) atoms. The van der Waals surface area contributed by atoms with E-state index in [9.17, 15) is 0 Å². The van der Waals surface area contributed by atoms with Crippen molar-refractivity contribution >= 4 is 0 Å². The van der Waals surface area contributed by atoms with Crippen LogP contribution in [0.1, 0.15) is 96.9 Å². The fourth-order valence-corrected chi connectivity index (χ4v) is 4.52. The molecular formula is C32H42. The van der Waals surface area contributed by atoms with Gasteiger partial charge in [-0.15, -0.1) is 0 Å². The molecule has 0 saturated carbocycles. The van der Waals surface area contributed by atoms with Crippen molar-refractivity contribution in [2.24, 2.45) is 0 Å². The van der Waals surface area contributed by atoms with Gasteiger partial charge in [0.05, 0.1) is 0 Å². The predicted molar refractivity (Wildman–Crippen MR) is 141 cm³/mol. The quantitative estimate of drug-likeness (QED) is 0.353. The highest BCUT2D eigenvalue weighted by Gasteiger charge is 2.18. The molecule has 0 nitrogen and oxygen atoms in total. The molecule has 0 aliphatic carbocycles. The van der Waals surface area contributed by atoms with Crippen LogP contribution in [-0.2, 0) is 11.8 Å². The minimum Gasteiger partial charge on any atom is -0.0588 e. The molecule has 0 heterocycles. The smallest absolute Gasteiger partial charge is 0.0121 e. The summed E-state index contributed by atoms with van der Waals surface area (Å²) in [4.78, 5) is 0. The van der Waals surface area contributed by atoms with E-state index in [1.54, 1.807) is 0 Å². The van der Waals surface area contributed by atoms with Gasteiger partial charge in [-0.3, -0.25) is 0 Å². The summed E-state index contributed by atoms with van der Waals surface area (Å²) in [5, 5.41) is 0. The zero-order valence-electron chi connectivity index (χ0n) is 21.5. The Morgan fingerprint density at radius 2 is 1.16 bits per heavy atom. The summed E-state index contributed by atoms with van der Waals surface area (Å²) in [5.74, 6) is 1.12. The van der Waals surface area contributed by atoms with Crippen molar-refractivity contribution in [2.75, 3.05) is 0 Å². The predicted octanol–water partition coefficient (Wildman–Crippen LogP) is 9.13. The Morgan fingerprint density at radius 1 is 0.625 bits per heavy atom. The number of aryl methyl sites for hydroxylation is 4. The molecule has 0 amide bonds. The number of benzene rings is 3. The first-order chi connectivity index (χ1) is 15.0. The Hall–Kier alpha value is -2.34. The van der Waals surface area contributed by atoms with Crippen LogP contribution in [-0.4, -0.2) is 0 Å². The maximum absolute atomic E-state index is 2.42. The number of hydrogen-bond donors (Lipinski definition) is 0. The van der Waals surface area contributed by atoms with Crippen LogP contribution in [0.25, 0.3) is 0 Å². The first-order valence-corrected chi connectivity index (χ1v) is 12.3. The Bertz CT molecular complexity index is 1030. The van der Waals surface area contributed by atoms with E-state index < -0.39 is 0 Å². The van der Waals surface area contributed by atoms with Crippen molar-refractivity contribution in [1.82, 2.24) is 0 Å². The molecule has 3 aromatic carbocycles. The van der Waals surface area contributed by atoms with E-state index in [1.165, 1.54) is 57.3 Å². The lowest BCUT2D eigenvalue weighted by Crippen LogP contribution is -2.11. The van der Waals surface area contributed by atoms with Crippen LogP contribution in [0.4, 0.5) is 0 Å². The van der Waals surface area contributed by atoms with E-state index in [0.717, 1.165) is 6.42 Å². The molecule has 3 rings (SSSR count). The molecule has 0 fully saturated rings. The van der Waals surface area contributed by atoms with Crippen LogP contribution in [0.15, 0.2) is 60.7 Å². The lowest BCUT2D eigenvalue weighted by molar-refractivity contribution is 0.543.